The number of likely N-dealkylation sites (N-methyl/N-ethyl adjacent to an activating group) is 1. The Bertz CT molecular complexity index is 613. The first-order valence-electron chi connectivity index (χ1n) is 8.32. The van der Waals surface area contributed by atoms with Crippen LogP contribution in [0.2, 0.25) is 0 Å². The summed E-state index contributed by atoms with van der Waals surface area (Å²) in [5.74, 6) is -0.0813. The Morgan fingerprint density at radius 2 is 2.13 bits per heavy atom. The molecular formula is C18H23FN2O2. The third-order valence-corrected chi connectivity index (χ3v) is 5.22. The van der Waals surface area contributed by atoms with Crippen LogP contribution in [0, 0.1) is 5.82 Å². The van der Waals surface area contributed by atoms with Gasteiger partial charge in [0.25, 0.3) is 0 Å². The van der Waals surface area contributed by atoms with Crippen LogP contribution in [-0.2, 0) is 15.0 Å². The molecule has 0 N–H and O–H groups in total. The standard InChI is InChI=1S/C18H23FN2O2/c1-20(11-12-21-10-3-7-16(21)22)17(23)18(8-4-9-18)14-5-2-6-15(19)13-14/h2,5-6,13H,3-4,7-12H2,1H3. The number of carbonyl (C=O) groups is 2. The molecule has 0 radical (unpaired) electrons. The van der Waals surface area contributed by atoms with Gasteiger partial charge in [0.1, 0.15) is 5.82 Å². The molecule has 4 nitrogen and oxygen atoms in total. The fraction of sp³-hybridized carbons (Fsp3) is 0.556. The summed E-state index contributed by atoms with van der Waals surface area (Å²) in [4.78, 5) is 28.1. The van der Waals surface area contributed by atoms with E-state index in [-0.39, 0.29) is 17.6 Å². The molecule has 0 atom stereocenters. The molecule has 1 aromatic carbocycles. The zero-order valence-corrected chi connectivity index (χ0v) is 13.6. The summed E-state index contributed by atoms with van der Waals surface area (Å²) in [6.45, 7) is 1.90. The lowest BCUT2D eigenvalue weighted by atomic mass is 9.63. The maximum absolute atomic E-state index is 13.5. The molecule has 0 spiro atoms. The molecule has 1 saturated heterocycles. The summed E-state index contributed by atoms with van der Waals surface area (Å²) < 4.78 is 13.5. The van der Waals surface area contributed by atoms with E-state index < -0.39 is 5.41 Å². The van der Waals surface area contributed by atoms with Gasteiger partial charge in [-0.15, -0.1) is 0 Å². The van der Waals surface area contributed by atoms with Crippen LogP contribution >= 0.6 is 0 Å². The predicted molar refractivity (Wildman–Crippen MR) is 85.4 cm³/mol. The van der Waals surface area contributed by atoms with Gasteiger partial charge in [0.05, 0.1) is 5.41 Å². The highest BCUT2D eigenvalue weighted by molar-refractivity contribution is 5.89. The van der Waals surface area contributed by atoms with E-state index in [1.807, 2.05) is 11.0 Å². The molecule has 2 fully saturated rings. The van der Waals surface area contributed by atoms with E-state index in [4.69, 9.17) is 0 Å². The van der Waals surface area contributed by atoms with Crippen LogP contribution in [0.3, 0.4) is 0 Å². The van der Waals surface area contributed by atoms with Crippen molar-refractivity contribution in [2.24, 2.45) is 0 Å². The molecule has 1 aliphatic carbocycles. The second-order valence-electron chi connectivity index (χ2n) is 6.66. The van der Waals surface area contributed by atoms with Crippen molar-refractivity contribution in [2.75, 3.05) is 26.7 Å². The summed E-state index contributed by atoms with van der Waals surface area (Å²) in [6.07, 6.45) is 4.04. The number of hydrogen-bond acceptors (Lipinski definition) is 2. The van der Waals surface area contributed by atoms with E-state index in [9.17, 15) is 14.0 Å². The lowest BCUT2D eigenvalue weighted by Crippen LogP contribution is -2.51. The Morgan fingerprint density at radius 1 is 1.35 bits per heavy atom. The van der Waals surface area contributed by atoms with Crippen LogP contribution in [0.4, 0.5) is 4.39 Å². The zero-order valence-electron chi connectivity index (χ0n) is 13.6. The normalized spacial score (nSPS) is 19.6. The molecule has 5 heteroatoms. The molecule has 23 heavy (non-hydrogen) atoms. The van der Waals surface area contributed by atoms with Crippen LogP contribution in [0.15, 0.2) is 24.3 Å². The van der Waals surface area contributed by atoms with Crippen molar-refractivity contribution < 1.29 is 14.0 Å². The average molecular weight is 318 g/mol. The summed E-state index contributed by atoms with van der Waals surface area (Å²) in [6, 6.07) is 6.40. The van der Waals surface area contributed by atoms with E-state index in [0.29, 0.717) is 19.5 Å². The molecule has 0 aromatic heterocycles. The van der Waals surface area contributed by atoms with Crippen molar-refractivity contribution in [1.29, 1.82) is 0 Å². The lowest BCUT2D eigenvalue weighted by Gasteiger charge is -2.43. The third-order valence-electron chi connectivity index (χ3n) is 5.22. The molecule has 0 unspecified atom stereocenters. The van der Waals surface area contributed by atoms with Gasteiger partial charge < -0.3 is 9.80 Å². The van der Waals surface area contributed by atoms with Gasteiger partial charge in [-0.2, -0.15) is 0 Å². The van der Waals surface area contributed by atoms with Crippen LogP contribution in [-0.4, -0.2) is 48.3 Å². The maximum Gasteiger partial charge on any atom is 0.233 e. The second-order valence-corrected chi connectivity index (χ2v) is 6.66. The van der Waals surface area contributed by atoms with Crippen molar-refractivity contribution in [2.45, 2.75) is 37.5 Å². The van der Waals surface area contributed by atoms with Crippen LogP contribution in [0.1, 0.15) is 37.7 Å². The van der Waals surface area contributed by atoms with Crippen molar-refractivity contribution in [3.63, 3.8) is 0 Å². The minimum atomic E-state index is -0.578. The Morgan fingerprint density at radius 3 is 2.70 bits per heavy atom. The molecular weight excluding hydrogens is 295 g/mol. The number of likely N-dealkylation sites (tertiary alicyclic amines) is 1. The smallest absolute Gasteiger partial charge is 0.233 e. The van der Waals surface area contributed by atoms with E-state index in [1.165, 1.54) is 12.1 Å². The Balaban J connectivity index is 1.68. The zero-order chi connectivity index (χ0) is 16.4. The molecule has 0 bridgehead atoms. The van der Waals surface area contributed by atoms with Gasteiger partial charge in [0, 0.05) is 33.1 Å². The SMILES string of the molecule is CN(CCN1CCCC1=O)C(=O)C1(c2cccc(F)c2)CCC1. The number of rotatable bonds is 5. The molecule has 1 aromatic rings. The third kappa shape index (κ3) is 2.96. The quantitative estimate of drug-likeness (QED) is 0.836. The number of halogens is 1. The predicted octanol–water partition coefficient (Wildman–Crippen LogP) is 2.33. The largest absolute Gasteiger partial charge is 0.343 e. The highest BCUT2D eigenvalue weighted by atomic mass is 19.1. The minimum absolute atomic E-state index is 0.0426. The Kier molecular flexibility index (Phi) is 4.37. The van der Waals surface area contributed by atoms with Crippen molar-refractivity contribution in [3.8, 4) is 0 Å². The van der Waals surface area contributed by atoms with E-state index in [0.717, 1.165) is 37.8 Å². The van der Waals surface area contributed by atoms with Gasteiger partial charge in [0.15, 0.2) is 0 Å². The van der Waals surface area contributed by atoms with Gasteiger partial charge in [-0.05, 0) is 37.0 Å². The number of benzene rings is 1. The molecule has 1 aliphatic heterocycles. The molecule has 1 heterocycles. The van der Waals surface area contributed by atoms with Crippen LogP contribution in [0.25, 0.3) is 0 Å². The van der Waals surface area contributed by atoms with Crippen LogP contribution in [0.5, 0.6) is 0 Å². The number of carbonyl (C=O) groups excluding carboxylic acids is 2. The van der Waals surface area contributed by atoms with Gasteiger partial charge in [0.2, 0.25) is 11.8 Å². The summed E-state index contributed by atoms with van der Waals surface area (Å²) in [5, 5.41) is 0. The summed E-state index contributed by atoms with van der Waals surface area (Å²) >= 11 is 0. The highest BCUT2D eigenvalue weighted by Gasteiger charge is 2.47. The first-order valence-corrected chi connectivity index (χ1v) is 8.32. The van der Waals surface area contributed by atoms with Gasteiger partial charge in [-0.1, -0.05) is 18.6 Å². The Labute approximate surface area is 136 Å². The lowest BCUT2D eigenvalue weighted by molar-refractivity contribution is -0.140. The fourth-order valence-corrected chi connectivity index (χ4v) is 3.62. The van der Waals surface area contributed by atoms with Crippen molar-refractivity contribution >= 4 is 11.8 Å². The average Bonchev–Trinajstić information content (AvgIpc) is 2.89. The second kappa shape index (κ2) is 6.30. The van der Waals surface area contributed by atoms with Gasteiger partial charge in [-0.3, -0.25) is 9.59 Å². The van der Waals surface area contributed by atoms with Crippen molar-refractivity contribution in [3.05, 3.63) is 35.6 Å². The van der Waals surface area contributed by atoms with Crippen molar-refractivity contribution in [1.82, 2.24) is 9.80 Å². The Hall–Kier alpha value is -1.91. The van der Waals surface area contributed by atoms with Gasteiger partial charge in [-0.25, -0.2) is 4.39 Å². The first-order chi connectivity index (χ1) is 11.0. The van der Waals surface area contributed by atoms with Gasteiger partial charge >= 0.3 is 0 Å². The summed E-state index contributed by atoms with van der Waals surface area (Å²) in [7, 11) is 1.78. The minimum Gasteiger partial charge on any atom is -0.343 e. The number of nitrogens with zero attached hydrogens (tertiary/aromatic N) is 2. The monoisotopic (exact) mass is 318 g/mol. The maximum atomic E-state index is 13.5. The van der Waals surface area contributed by atoms with Crippen LogP contribution < -0.4 is 0 Å². The fourth-order valence-electron chi connectivity index (χ4n) is 3.62. The molecule has 124 valence electrons. The van der Waals surface area contributed by atoms with E-state index in [2.05, 4.69) is 0 Å². The molecule has 1 saturated carbocycles. The van der Waals surface area contributed by atoms with E-state index >= 15 is 0 Å². The molecule has 2 aliphatic rings. The first kappa shape index (κ1) is 16.0. The highest BCUT2D eigenvalue weighted by Crippen LogP contribution is 2.45. The topological polar surface area (TPSA) is 40.6 Å². The summed E-state index contributed by atoms with van der Waals surface area (Å²) in [5.41, 5.74) is 0.198. The van der Waals surface area contributed by atoms with E-state index in [1.54, 1.807) is 18.0 Å². The molecule has 2 amide bonds. The number of hydrogen-bond donors (Lipinski definition) is 0. The molecule has 3 rings (SSSR count). The number of amides is 2.